The van der Waals surface area contributed by atoms with Gasteiger partial charge in [-0.05, 0) is 121 Å². The van der Waals surface area contributed by atoms with Crippen LogP contribution in [0.2, 0.25) is 0 Å². The molecule has 4 nitrogen and oxygen atoms in total. The van der Waals surface area contributed by atoms with Crippen molar-refractivity contribution >= 4 is 56.3 Å². The molecule has 5 heteroatoms. The Bertz CT molecular complexity index is 1680. The molecule has 1 N–H and O–H groups in total. The summed E-state index contributed by atoms with van der Waals surface area (Å²) in [6.45, 7) is 19.2. The average Bonchev–Trinajstić information content (AvgIpc) is 3.73. The topological polar surface area (TPSA) is 46.5 Å². The van der Waals surface area contributed by atoms with Crippen molar-refractivity contribution in [2.45, 2.75) is 107 Å². The zero-order valence-electron chi connectivity index (χ0n) is 25.9. The second kappa shape index (κ2) is 12.8. The van der Waals surface area contributed by atoms with E-state index in [2.05, 4.69) is 95.3 Å². The fourth-order valence-corrected chi connectivity index (χ4v) is 7.06. The zero-order valence-corrected chi connectivity index (χ0v) is 25.9. The molecule has 0 amide bonds. The molecule has 0 aromatic carbocycles. The molecular formula is C36H50N4Si. The third kappa shape index (κ3) is 5.07. The van der Waals surface area contributed by atoms with Crippen molar-refractivity contribution in [3.05, 3.63) is 68.8 Å². The van der Waals surface area contributed by atoms with E-state index < -0.39 is 0 Å². The highest BCUT2D eigenvalue weighted by Gasteiger charge is 2.26. The highest BCUT2D eigenvalue weighted by molar-refractivity contribution is 5.96. The van der Waals surface area contributed by atoms with Crippen LogP contribution in [0.5, 0.6) is 0 Å². The minimum atomic E-state index is 0. The number of hydrogen-bond donors (Lipinski definition) is 1. The van der Waals surface area contributed by atoms with Crippen molar-refractivity contribution in [2.24, 2.45) is 0 Å². The minimum absolute atomic E-state index is 0. The van der Waals surface area contributed by atoms with Crippen LogP contribution in [0.1, 0.15) is 119 Å². The number of rotatable bonds is 8. The van der Waals surface area contributed by atoms with Gasteiger partial charge in [-0.3, -0.25) is 0 Å². The summed E-state index contributed by atoms with van der Waals surface area (Å²) in [7, 11) is 0. The van der Waals surface area contributed by atoms with E-state index in [4.69, 9.17) is 9.97 Å². The van der Waals surface area contributed by atoms with Crippen LogP contribution in [0.3, 0.4) is 0 Å². The number of H-pyrrole nitrogens is 1. The van der Waals surface area contributed by atoms with Crippen molar-refractivity contribution in [1.82, 2.24) is 19.5 Å². The van der Waals surface area contributed by atoms with Crippen LogP contribution in [0.15, 0.2) is 18.2 Å². The lowest BCUT2D eigenvalue weighted by molar-refractivity contribution is 0.815. The molecule has 2 aliphatic rings. The summed E-state index contributed by atoms with van der Waals surface area (Å²) >= 11 is 0. The predicted octanol–water partition coefficient (Wildman–Crippen LogP) is 8.07. The molecule has 5 heterocycles. The van der Waals surface area contributed by atoms with E-state index in [1.807, 2.05) is 0 Å². The predicted molar refractivity (Wildman–Crippen MR) is 185 cm³/mol. The van der Waals surface area contributed by atoms with E-state index in [0.717, 1.165) is 68.4 Å². The second-order valence-electron chi connectivity index (χ2n) is 10.8. The molecule has 41 heavy (non-hydrogen) atoms. The Balaban J connectivity index is 0.00000387. The number of hydrogen-bond acceptors (Lipinski definition) is 2. The molecule has 0 saturated carbocycles. The van der Waals surface area contributed by atoms with Crippen LogP contribution >= 0.6 is 0 Å². The van der Waals surface area contributed by atoms with Gasteiger partial charge in [0, 0.05) is 34.2 Å². The largest absolute Gasteiger partial charge is 0.355 e. The summed E-state index contributed by atoms with van der Waals surface area (Å²) in [6, 6.07) is 6.80. The highest BCUT2D eigenvalue weighted by Crippen LogP contribution is 2.41. The molecule has 3 aromatic rings. The molecule has 0 radical (unpaired) electrons. The summed E-state index contributed by atoms with van der Waals surface area (Å²) in [5, 5.41) is 0. The van der Waals surface area contributed by atoms with Crippen molar-refractivity contribution in [3.8, 4) is 0 Å². The quantitative estimate of drug-likeness (QED) is 0.219. The lowest BCUT2D eigenvalue weighted by atomic mass is 9.93. The van der Waals surface area contributed by atoms with Gasteiger partial charge in [0.2, 0.25) is 0 Å². The van der Waals surface area contributed by atoms with E-state index in [1.54, 1.807) is 0 Å². The standard InChI is InChI=1S/C36H46N4.H4Si/c1-9-22-19-25-20-23-17-18-24(37-23)21-32-26(10-2)29(13-5)36(40(32)16-8)31(15-7)35-28(12-4)27(11-3)34(39-35)30(14-6)33(22)38-25;/h17-21,38H,9-16H2,1-8H3;1H4. The van der Waals surface area contributed by atoms with Crippen LogP contribution in [0.25, 0.3) is 45.4 Å². The number of aryl methyl sites for hydroxylation is 6. The van der Waals surface area contributed by atoms with Gasteiger partial charge >= 0.3 is 0 Å². The van der Waals surface area contributed by atoms with Gasteiger partial charge < -0.3 is 9.55 Å². The monoisotopic (exact) mass is 566 g/mol. The van der Waals surface area contributed by atoms with Gasteiger partial charge in [0.1, 0.15) is 0 Å². The fourth-order valence-electron chi connectivity index (χ4n) is 7.06. The Hall–Kier alpha value is -3.18. The van der Waals surface area contributed by atoms with Crippen molar-refractivity contribution in [3.63, 3.8) is 0 Å². The summed E-state index contributed by atoms with van der Waals surface area (Å²) in [5.41, 5.74) is 19.3. The Morgan fingerprint density at radius 1 is 0.610 bits per heavy atom. The first-order valence-electron chi connectivity index (χ1n) is 15.7. The van der Waals surface area contributed by atoms with Crippen molar-refractivity contribution < 1.29 is 0 Å². The van der Waals surface area contributed by atoms with Crippen molar-refractivity contribution in [1.29, 1.82) is 0 Å². The molecule has 0 spiro atoms. The molecule has 8 bridgehead atoms. The van der Waals surface area contributed by atoms with Crippen molar-refractivity contribution in [2.75, 3.05) is 0 Å². The van der Waals surface area contributed by atoms with Crippen LogP contribution in [0.4, 0.5) is 0 Å². The van der Waals surface area contributed by atoms with Crippen LogP contribution in [-0.4, -0.2) is 30.5 Å². The second-order valence-corrected chi connectivity index (χ2v) is 10.8. The van der Waals surface area contributed by atoms with Crippen LogP contribution in [-0.2, 0) is 38.6 Å². The van der Waals surface area contributed by atoms with E-state index >= 15 is 0 Å². The number of aromatic amines is 1. The first kappa shape index (κ1) is 30.8. The molecule has 0 fully saturated rings. The molecule has 5 rings (SSSR count). The Morgan fingerprint density at radius 2 is 1.20 bits per heavy atom. The Morgan fingerprint density at radius 3 is 1.73 bits per heavy atom. The van der Waals surface area contributed by atoms with Crippen LogP contribution in [0, 0.1) is 0 Å². The van der Waals surface area contributed by atoms with E-state index in [-0.39, 0.29) is 11.0 Å². The van der Waals surface area contributed by atoms with Gasteiger partial charge in [0.15, 0.2) is 0 Å². The minimum Gasteiger partial charge on any atom is -0.355 e. The van der Waals surface area contributed by atoms with Gasteiger partial charge in [-0.15, -0.1) is 0 Å². The molecular weight excluding hydrogens is 517 g/mol. The normalized spacial score (nSPS) is 12.8. The van der Waals surface area contributed by atoms with Crippen LogP contribution < -0.4 is 0 Å². The SMILES string of the molecule is CCC1=C(CC)c2nc1c(CC)c1[nH]c(cc3nc(cc4c(CC)c(CC)c(c2CC)n4CC)C=C3)cc1CC.[SiH4]. The van der Waals surface area contributed by atoms with Gasteiger partial charge in [-0.2, -0.15) is 0 Å². The Labute approximate surface area is 251 Å². The maximum absolute atomic E-state index is 5.61. The first-order chi connectivity index (χ1) is 19.5. The molecule has 0 aliphatic carbocycles. The molecule has 0 atom stereocenters. The zero-order chi connectivity index (χ0) is 28.6. The fraction of sp³-hybridized carbons (Fsp3) is 0.444. The van der Waals surface area contributed by atoms with Gasteiger partial charge in [0.25, 0.3) is 0 Å². The summed E-state index contributed by atoms with van der Waals surface area (Å²) in [4.78, 5) is 14.4. The lowest BCUT2D eigenvalue weighted by Crippen LogP contribution is -2.00. The third-order valence-corrected chi connectivity index (χ3v) is 8.85. The van der Waals surface area contributed by atoms with E-state index in [0.29, 0.717) is 0 Å². The summed E-state index contributed by atoms with van der Waals surface area (Å²) in [6.07, 6.45) is 11.2. The number of nitrogens with zero attached hydrogens (tertiary/aromatic N) is 3. The third-order valence-electron chi connectivity index (χ3n) is 8.85. The maximum atomic E-state index is 5.61. The summed E-state index contributed by atoms with van der Waals surface area (Å²) in [5.74, 6) is 0. The smallest absolute Gasteiger partial charge is 0.0725 e. The van der Waals surface area contributed by atoms with E-state index in [9.17, 15) is 0 Å². The molecule has 2 aliphatic heterocycles. The van der Waals surface area contributed by atoms with Gasteiger partial charge in [-0.25, -0.2) is 9.97 Å². The maximum Gasteiger partial charge on any atom is 0.0725 e. The molecule has 0 unspecified atom stereocenters. The first-order valence-corrected chi connectivity index (χ1v) is 15.7. The average molecular weight is 567 g/mol. The van der Waals surface area contributed by atoms with Gasteiger partial charge in [0.05, 0.1) is 28.3 Å². The Kier molecular flexibility index (Phi) is 9.58. The number of fused-ring (bicyclic) bond motifs is 8. The lowest BCUT2D eigenvalue weighted by Gasteiger charge is -2.11. The molecule has 0 saturated heterocycles. The van der Waals surface area contributed by atoms with E-state index in [1.165, 1.54) is 66.9 Å². The number of nitrogens with one attached hydrogen (secondary N) is 1. The highest BCUT2D eigenvalue weighted by atomic mass is 28.1. The molecule has 218 valence electrons. The number of allylic oxidation sites excluding steroid dienone is 2. The molecule has 3 aromatic heterocycles. The summed E-state index contributed by atoms with van der Waals surface area (Å²) < 4.78 is 2.55. The van der Waals surface area contributed by atoms with Gasteiger partial charge in [-0.1, -0.05) is 48.5 Å². The number of aromatic nitrogens is 4.